The van der Waals surface area contributed by atoms with Gasteiger partial charge in [0.1, 0.15) is 11.0 Å². The maximum Gasteiger partial charge on any atom is 0.247 e. The summed E-state index contributed by atoms with van der Waals surface area (Å²) in [6, 6.07) is 26.0. The Bertz CT molecular complexity index is 1100. The second kappa shape index (κ2) is 9.49. The van der Waals surface area contributed by atoms with E-state index in [9.17, 15) is 9.59 Å². The second-order valence-electron chi connectivity index (χ2n) is 6.80. The molecule has 1 aliphatic heterocycles. The van der Waals surface area contributed by atoms with Crippen LogP contribution in [0, 0.1) is 0 Å². The van der Waals surface area contributed by atoms with Crippen molar-refractivity contribution in [3.8, 4) is 5.75 Å². The zero-order chi connectivity index (χ0) is 21.6. The molecule has 0 aliphatic carbocycles. The monoisotopic (exact) mass is 431 g/mol. The predicted octanol–water partition coefficient (Wildman–Crippen LogP) is 4.86. The molecule has 3 aromatic rings. The van der Waals surface area contributed by atoms with Gasteiger partial charge in [0.15, 0.2) is 5.17 Å². The number of hydrogen-bond donors (Lipinski definition) is 1. The Morgan fingerprint density at radius 1 is 1.00 bits per heavy atom. The molecule has 0 bridgehead atoms. The molecule has 1 saturated heterocycles. The van der Waals surface area contributed by atoms with Gasteiger partial charge in [-0.1, -0.05) is 60.3 Å². The number of para-hydroxylation sites is 4. The summed E-state index contributed by atoms with van der Waals surface area (Å²) in [5.41, 5.74) is 2.05. The number of amidine groups is 1. The normalized spacial score (nSPS) is 17.1. The van der Waals surface area contributed by atoms with Gasteiger partial charge in [-0.3, -0.25) is 14.5 Å². The average molecular weight is 432 g/mol. The summed E-state index contributed by atoms with van der Waals surface area (Å²) in [5.74, 6) is 0.142. The maximum absolute atomic E-state index is 13.2. The van der Waals surface area contributed by atoms with E-state index in [2.05, 4.69) is 10.3 Å². The highest BCUT2D eigenvalue weighted by Gasteiger charge is 2.40. The fourth-order valence-electron chi connectivity index (χ4n) is 3.22. The average Bonchev–Trinajstić information content (AvgIpc) is 3.09. The highest BCUT2D eigenvalue weighted by atomic mass is 32.2. The Morgan fingerprint density at radius 2 is 1.65 bits per heavy atom. The number of thioether (sulfide) groups is 1. The number of nitrogens with one attached hydrogen (secondary N) is 1. The van der Waals surface area contributed by atoms with Crippen LogP contribution in [0.25, 0.3) is 0 Å². The minimum atomic E-state index is -0.572. The summed E-state index contributed by atoms with van der Waals surface area (Å²) >= 11 is 1.30. The number of aliphatic imine (C=N–C) groups is 1. The number of carbonyl (C=O) groups is 2. The van der Waals surface area contributed by atoms with Gasteiger partial charge in [0.05, 0.1) is 24.2 Å². The number of ether oxygens (including phenoxy) is 1. The predicted molar refractivity (Wildman–Crippen MR) is 125 cm³/mol. The largest absolute Gasteiger partial charge is 0.495 e. The molecule has 6 nitrogen and oxygen atoms in total. The number of amides is 2. The van der Waals surface area contributed by atoms with Gasteiger partial charge >= 0.3 is 0 Å². The standard InChI is InChI=1S/C24H21N3O3S/c1-30-20-15-9-8-14-19(20)26-22(28)16-21-23(29)27(18-12-6-3-7-13-18)24(31-21)25-17-10-4-2-5-11-17/h2-15,21H,16H2,1H3,(H,26,28)/t21-/m1/s1. The van der Waals surface area contributed by atoms with E-state index < -0.39 is 5.25 Å². The van der Waals surface area contributed by atoms with E-state index in [0.29, 0.717) is 16.6 Å². The van der Waals surface area contributed by atoms with Crippen LogP contribution in [0.5, 0.6) is 5.75 Å². The second-order valence-corrected chi connectivity index (χ2v) is 7.97. The molecule has 156 valence electrons. The number of hydrogen-bond acceptors (Lipinski definition) is 5. The third-order valence-electron chi connectivity index (χ3n) is 4.68. The van der Waals surface area contributed by atoms with Crippen LogP contribution in [-0.4, -0.2) is 29.3 Å². The minimum absolute atomic E-state index is 0.0265. The third-order valence-corrected chi connectivity index (χ3v) is 5.82. The van der Waals surface area contributed by atoms with Crippen molar-refractivity contribution >= 4 is 45.8 Å². The van der Waals surface area contributed by atoms with E-state index in [1.54, 1.807) is 24.1 Å². The summed E-state index contributed by atoms with van der Waals surface area (Å²) in [6.07, 6.45) is 0.0265. The molecule has 2 amide bonds. The van der Waals surface area contributed by atoms with Gasteiger partial charge in [0, 0.05) is 6.42 Å². The van der Waals surface area contributed by atoms with Crippen molar-refractivity contribution in [1.82, 2.24) is 0 Å². The number of anilines is 2. The summed E-state index contributed by atoms with van der Waals surface area (Å²) in [4.78, 5) is 32.2. The SMILES string of the molecule is COc1ccccc1NC(=O)C[C@H]1SC(=Nc2ccccc2)N(c2ccccc2)C1=O. The molecule has 0 radical (unpaired) electrons. The van der Waals surface area contributed by atoms with Crippen LogP contribution in [-0.2, 0) is 9.59 Å². The lowest BCUT2D eigenvalue weighted by Crippen LogP contribution is -2.33. The van der Waals surface area contributed by atoms with Crippen molar-refractivity contribution in [2.75, 3.05) is 17.3 Å². The first-order valence-electron chi connectivity index (χ1n) is 9.78. The van der Waals surface area contributed by atoms with Gasteiger partial charge in [-0.05, 0) is 36.4 Å². The fourth-order valence-corrected chi connectivity index (χ4v) is 4.37. The van der Waals surface area contributed by atoms with E-state index in [0.717, 1.165) is 11.4 Å². The van der Waals surface area contributed by atoms with Gasteiger partial charge in [-0.15, -0.1) is 0 Å². The van der Waals surface area contributed by atoms with Crippen LogP contribution in [0.2, 0.25) is 0 Å². The summed E-state index contributed by atoms with van der Waals surface area (Å²) in [7, 11) is 1.55. The number of nitrogens with zero attached hydrogens (tertiary/aromatic N) is 2. The van der Waals surface area contributed by atoms with Crippen LogP contribution in [0.4, 0.5) is 17.1 Å². The molecule has 1 heterocycles. The molecule has 1 N–H and O–H groups in total. The lowest BCUT2D eigenvalue weighted by atomic mass is 10.2. The highest BCUT2D eigenvalue weighted by Crippen LogP contribution is 2.35. The third kappa shape index (κ3) is 4.78. The number of rotatable bonds is 6. The molecule has 0 unspecified atom stereocenters. The molecule has 0 spiro atoms. The van der Waals surface area contributed by atoms with Crippen molar-refractivity contribution < 1.29 is 14.3 Å². The summed E-state index contributed by atoms with van der Waals surface area (Å²) in [6.45, 7) is 0. The molecule has 3 aromatic carbocycles. The first-order chi connectivity index (χ1) is 15.2. The summed E-state index contributed by atoms with van der Waals surface area (Å²) < 4.78 is 5.28. The van der Waals surface area contributed by atoms with Crippen LogP contribution in [0.1, 0.15) is 6.42 Å². The zero-order valence-electron chi connectivity index (χ0n) is 16.9. The fraction of sp³-hybridized carbons (Fsp3) is 0.125. The molecule has 0 aromatic heterocycles. The lowest BCUT2D eigenvalue weighted by Gasteiger charge is -2.16. The van der Waals surface area contributed by atoms with Crippen molar-refractivity contribution in [3.05, 3.63) is 84.9 Å². The van der Waals surface area contributed by atoms with Gasteiger partial charge in [-0.2, -0.15) is 0 Å². The lowest BCUT2D eigenvalue weighted by molar-refractivity contribution is -0.121. The Hall–Kier alpha value is -3.58. The highest BCUT2D eigenvalue weighted by molar-refractivity contribution is 8.16. The molecule has 7 heteroatoms. The molecule has 4 rings (SSSR count). The van der Waals surface area contributed by atoms with Gasteiger partial charge in [0.2, 0.25) is 11.8 Å². The molecule has 0 saturated carbocycles. The smallest absolute Gasteiger partial charge is 0.247 e. The van der Waals surface area contributed by atoms with E-state index in [1.165, 1.54) is 11.8 Å². The number of methoxy groups -OCH3 is 1. The van der Waals surface area contributed by atoms with E-state index in [-0.39, 0.29) is 18.2 Å². The molecular weight excluding hydrogens is 410 g/mol. The van der Waals surface area contributed by atoms with E-state index in [1.807, 2.05) is 72.8 Å². The van der Waals surface area contributed by atoms with Crippen molar-refractivity contribution in [2.24, 2.45) is 4.99 Å². The number of benzene rings is 3. The molecule has 1 aliphatic rings. The Labute approximate surface area is 184 Å². The van der Waals surface area contributed by atoms with Gasteiger partial charge in [0.25, 0.3) is 0 Å². The van der Waals surface area contributed by atoms with Crippen molar-refractivity contribution in [2.45, 2.75) is 11.7 Å². The molecule has 1 atom stereocenters. The number of carbonyl (C=O) groups excluding carboxylic acids is 2. The minimum Gasteiger partial charge on any atom is -0.495 e. The summed E-state index contributed by atoms with van der Waals surface area (Å²) in [5, 5.41) is 2.82. The Morgan fingerprint density at radius 3 is 2.35 bits per heavy atom. The van der Waals surface area contributed by atoms with Crippen molar-refractivity contribution in [3.63, 3.8) is 0 Å². The van der Waals surface area contributed by atoms with Crippen LogP contribution in [0.3, 0.4) is 0 Å². The van der Waals surface area contributed by atoms with Crippen LogP contribution < -0.4 is 15.0 Å². The van der Waals surface area contributed by atoms with Gasteiger partial charge < -0.3 is 10.1 Å². The Balaban J connectivity index is 1.57. The molecule has 1 fully saturated rings. The van der Waals surface area contributed by atoms with E-state index >= 15 is 0 Å². The zero-order valence-corrected chi connectivity index (χ0v) is 17.7. The maximum atomic E-state index is 13.2. The van der Waals surface area contributed by atoms with Crippen LogP contribution >= 0.6 is 11.8 Å². The van der Waals surface area contributed by atoms with Crippen LogP contribution in [0.15, 0.2) is 89.9 Å². The quantitative estimate of drug-likeness (QED) is 0.605. The Kier molecular flexibility index (Phi) is 6.33. The first kappa shape index (κ1) is 20.7. The van der Waals surface area contributed by atoms with Crippen molar-refractivity contribution in [1.29, 1.82) is 0 Å². The topological polar surface area (TPSA) is 71.0 Å². The van der Waals surface area contributed by atoms with E-state index in [4.69, 9.17) is 4.74 Å². The molecule has 31 heavy (non-hydrogen) atoms. The molecular formula is C24H21N3O3S. The first-order valence-corrected chi connectivity index (χ1v) is 10.7. The van der Waals surface area contributed by atoms with Gasteiger partial charge in [-0.25, -0.2) is 4.99 Å².